The zero-order valence-electron chi connectivity index (χ0n) is 12.9. The van der Waals surface area contributed by atoms with Crippen LogP contribution in [0.5, 0.6) is 0 Å². The molecule has 0 bridgehead atoms. The van der Waals surface area contributed by atoms with Crippen molar-refractivity contribution in [2.75, 3.05) is 20.1 Å². The van der Waals surface area contributed by atoms with Crippen LogP contribution in [0.25, 0.3) is 0 Å². The highest BCUT2D eigenvalue weighted by molar-refractivity contribution is 6.30. The lowest BCUT2D eigenvalue weighted by atomic mass is 10.2. The molecule has 0 atom stereocenters. The van der Waals surface area contributed by atoms with E-state index >= 15 is 0 Å². The number of rotatable bonds is 5. The first-order valence-corrected chi connectivity index (χ1v) is 7.15. The lowest BCUT2D eigenvalue weighted by Gasteiger charge is -2.24. The Kier molecular flexibility index (Phi) is 6.42. The Labute approximate surface area is 130 Å². The molecule has 1 N–H and O–H groups in total. The number of nitrogens with zero attached hydrogens (tertiary/aromatic N) is 1. The summed E-state index contributed by atoms with van der Waals surface area (Å²) in [5.41, 5.74) is 0.394. The van der Waals surface area contributed by atoms with Gasteiger partial charge in [0.1, 0.15) is 11.4 Å². The van der Waals surface area contributed by atoms with Gasteiger partial charge in [-0.15, -0.1) is 0 Å². The predicted octanol–water partition coefficient (Wildman–Crippen LogP) is 3.44. The summed E-state index contributed by atoms with van der Waals surface area (Å²) in [5, 5.41) is 3.28. The summed E-state index contributed by atoms with van der Waals surface area (Å²) in [7, 11) is 1.69. The molecule has 118 valence electrons. The molecule has 0 radical (unpaired) electrons. The summed E-state index contributed by atoms with van der Waals surface area (Å²) in [5.74, 6) is -0.426. The summed E-state index contributed by atoms with van der Waals surface area (Å²) in [6, 6.07) is 4.60. The average Bonchev–Trinajstić information content (AvgIpc) is 2.36. The Morgan fingerprint density at radius 3 is 2.67 bits per heavy atom. The van der Waals surface area contributed by atoms with Gasteiger partial charge in [-0.3, -0.25) is 0 Å². The first-order valence-electron chi connectivity index (χ1n) is 6.78. The lowest BCUT2D eigenvalue weighted by Crippen LogP contribution is -2.37. The fourth-order valence-corrected chi connectivity index (χ4v) is 1.76. The molecule has 1 amide bonds. The third-order valence-corrected chi connectivity index (χ3v) is 2.93. The third kappa shape index (κ3) is 6.78. The Balaban J connectivity index is 2.30. The van der Waals surface area contributed by atoms with Gasteiger partial charge < -0.3 is 15.0 Å². The Morgan fingerprint density at radius 1 is 1.43 bits per heavy atom. The van der Waals surface area contributed by atoms with Gasteiger partial charge in [-0.25, -0.2) is 9.18 Å². The standard InChI is InChI=1S/C15H22ClFN2O2/c1-15(2,3)21-14(20)19(4)8-7-18-10-11-5-6-13(17)12(16)9-11/h5-6,9,18H,7-8,10H2,1-4H3. The van der Waals surface area contributed by atoms with Crippen LogP contribution in [0.2, 0.25) is 5.02 Å². The number of halogens is 2. The Hall–Kier alpha value is -1.33. The Morgan fingerprint density at radius 2 is 2.10 bits per heavy atom. The third-order valence-electron chi connectivity index (χ3n) is 2.64. The largest absolute Gasteiger partial charge is 0.444 e. The van der Waals surface area contributed by atoms with E-state index in [1.54, 1.807) is 19.2 Å². The van der Waals surface area contributed by atoms with Gasteiger partial charge in [0.05, 0.1) is 5.02 Å². The van der Waals surface area contributed by atoms with Gasteiger partial charge in [-0.05, 0) is 38.5 Å². The fraction of sp³-hybridized carbons (Fsp3) is 0.533. The first kappa shape index (κ1) is 17.7. The van der Waals surface area contributed by atoms with Crippen molar-refractivity contribution in [1.29, 1.82) is 0 Å². The van der Waals surface area contributed by atoms with Crippen LogP contribution in [0.3, 0.4) is 0 Å². The van der Waals surface area contributed by atoms with Gasteiger partial charge in [0.25, 0.3) is 0 Å². The monoisotopic (exact) mass is 316 g/mol. The minimum atomic E-state index is -0.496. The van der Waals surface area contributed by atoms with Gasteiger partial charge >= 0.3 is 6.09 Å². The van der Waals surface area contributed by atoms with E-state index in [1.807, 2.05) is 20.8 Å². The molecule has 1 rings (SSSR count). The second-order valence-electron chi connectivity index (χ2n) is 5.83. The quantitative estimate of drug-likeness (QED) is 0.846. The van der Waals surface area contributed by atoms with Crippen LogP contribution in [0.4, 0.5) is 9.18 Å². The molecule has 0 aliphatic carbocycles. The summed E-state index contributed by atoms with van der Waals surface area (Å²) in [4.78, 5) is 13.2. The minimum Gasteiger partial charge on any atom is -0.444 e. The molecule has 1 aromatic carbocycles. The van der Waals surface area contributed by atoms with Crippen LogP contribution in [0.1, 0.15) is 26.3 Å². The number of nitrogens with one attached hydrogen (secondary N) is 1. The van der Waals surface area contributed by atoms with E-state index in [2.05, 4.69) is 5.32 Å². The van der Waals surface area contributed by atoms with E-state index in [0.717, 1.165) is 5.56 Å². The number of hydrogen-bond acceptors (Lipinski definition) is 3. The fourth-order valence-electron chi connectivity index (χ4n) is 1.56. The van der Waals surface area contributed by atoms with Crippen molar-refractivity contribution >= 4 is 17.7 Å². The number of amides is 1. The molecule has 21 heavy (non-hydrogen) atoms. The van der Waals surface area contributed by atoms with E-state index in [-0.39, 0.29) is 11.1 Å². The van der Waals surface area contributed by atoms with Crippen molar-refractivity contribution in [2.24, 2.45) is 0 Å². The number of carbonyl (C=O) groups excluding carboxylic acids is 1. The molecule has 0 saturated heterocycles. The topological polar surface area (TPSA) is 41.6 Å². The maximum Gasteiger partial charge on any atom is 0.410 e. The molecule has 4 nitrogen and oxygen atoms in total. The van der Waals surface area contributed by atoms with Crippen molar-refractivity contribution in [3.8, 4) is 0 Å². The van der Waals surface area contributed by atoms with Crippen molar-refractivity contribution in [2.45, 2.75) is 32.9 Å². The first-order chi connectivity index (χ1) is 9.69. The second-order valence-corrected chi connectivity index (χ2v) is 6.23. The molecule has 0 aliphatic rings. The highest BCUT2D eigenvalue weighted by atomic mass is 35.5. The highest BCUT2D eigenvalue weighted by Gasteiger charge is 2.18. The molecule has 0 heterocycles. The smallest absolute Gasteiger partial charge is 0.410 e. The molecule has 0 spiro atoms. The van der Waals surface area contributed by atoms with E-state index < -0.39 is 11.4 Å². The maximum atomic E-state index is 13.0. The molecule has 0 unspecified atom stereocenters. The van der Waals surface area contributed by atoms with Gasteiger partial charge in [0.15, 0.2) is 0 Å². The molecule has 6 heteroatoms. The predicted molar refractivity (Wildman–Crippen MR) is 82.0 cm³/mol. The van der Waals surface area contributed by atoms with Gasteiger partial charge in [0, 0.05) is 26.7 Å². The van der Waals surface area contributed by atoms with Crippen LogP contribution in [-0.2, 0) is 11.3 Å². The maximum absolute atomic E-state index is 13.0. The Bertz CT molecular complexity index is 489. The van der Waals surface area contributed by atoms with E-state index in [4.69, 9.17) is 16.3 Å². The van der Waals surface area contributed by atoms with Crippen LogP contribution in [-0.4, -0.2) is 36.7 Å². The molecular formula is C15H22ClFN2O2. The van der Waals surface area contributed by atoms with Gasteiger partial charge in [-0.2, -0.15) is 0 Å². The van der Waals surface area contributed by atoms with Crippen molar-refractivity contribution in [1.82, 2.24) is 10.2 Å². The highest BCUT2D eigenvalue weighted by Crippen LogP contribution is 2.15. The normalized spacial score (nSPS) is 11.3. The van der Waals surface area contributed by atoms with Gasteiger partial charge in [-0.1, -0.05) is 17.7 Å². The number of carbonyl (C=O) groups is 1. The molecule has 0 fully saturated rings. The summed E-state index contributed by atoms with van der Waals surface area (Å²) >= 11 is 5.71. The van der Waals surface area contributed by atoms with Crippen LogP contribution in [0.15, 0.2) is 18.2 Å². The zero-order chi connectivity index (χ0) is 16.0. The van der Waals surface area contributed by atoms with Crippen molar-refractivity contribution < 1.29 is 13.9 Å². The lowest BCUT2D eigenvalue weighted by molar-refractivity contribution is 0.0300. The summed E-state index contributed by atoms with van der Waals surface area (Å²) < 4.78 is 18.3. The van der Waals surface area contributed by atoms with Crippen LogP contribution < -0.4 is 5.32 Å². The molecule has 0 saturated carbocycles. The molecule has 0 aromatic heterocycles. The zero-order valence-corrected chi connectivity index (χ0v) is 13.6. The SMILES string of the molecule is CN(CCNCc1ccc(F)c(Cl)c1)C(=O)OC(C)(C)C. The van der Waals surface area contributed by atoms with Crippen molar-refractivity contribution in [3.63, 3.8) is 0 Å². The van der Waals surface area contributed by atoms with Crippen LogP contribution in [0, 0.1) is 5.82 Å². The van der Waals surface area contributed by atoms with E-state index in [0.29, 0.717) is 19.6 Å². The molecular weight excluding hydrogens is 295 g/mol. The van der Waals surface area contributed by atoms with Crippen molar-refractivity contribution in [3.05, 3.63) is 34.6 Å². The number of benzene rings is 1. The molecule has 0 aliphatic heterocycles. The van der Waals surface area contributed by atoms with E-state index in [9.17, 15) is 9.18 Å². The average molecular weight is 317 g/mol. The number of ether oxygens (including phenoxy) is 1. The van der Waals surface area contributed by atoms with E-state index in [1.165, 1.54) is 11.0 Å². The second kappa shape index (κ2) is 7.61. The minimum absolute atomic E-state index is 0.111. The van der Waals surface area contributed by atoms with Gasteiger partial charge in [0.2, 0.25) is 0 Å². The van der Waals surface area contributed by atoms with Crippen LogP contribution >= 0.6 is 11.6 Å². The molecule has 1 aromatic rings. The summed E-state index contributed by atoms with van der Waals surface area (Å²) in [6.45, 7) is 7.16. The number of likely N-dealkylation sites (N-methyl/N-ethyl adjacent to an activating group) is 1. The number of hydrogen-bond donors (Lipinski definition) is 1. The summed E-state index contributed by atoms with van der Waals surface area (Å²) in [6.07, 6.45) is -0.353.